The zero-order valence-electron chi connectivity index (χ0n) is 7.22. The second-order valence-corrected chi connectivity index (χ2v) is 3.38. The average molecular weight is 217 g/mol. The molecule has 0 aliphatic rings. The van der Waals surface area contributed by atoms with Gasteiger partial charge in [0.1, 0.15) is 5.76 Å². The number of aliphatic hydroxyl groups excluding tert-OH is 1. The van der Waals surface area contributed by atoms with E-state index in [4.69, 9.17) is 23.2 Å². The molecule has 0 amide bonds. The van der Waals surface area contributed by atoms with E-state index in [-0.39, 0.29) is 5.76 Å². The van der Waals surface area contributed by atoms with Crippen molar-refractivity contribution in [1.82, 2.24) is 0 Å². The number of benzene rings is 1. The van der Waals surface area contributed by atoms with Gasteiger partial charge in [-0.1, -0.05) is 36.2 Å². The van der Waals surface area contributed by atoms with Crippen LogP contribution in [0.1, 0.15) is 18.9 Å². The first-order valence-electron chi connectivity index (χ1n) is 4.00. The molecule has 0 aliphatic heterocycles. The zero-order valence-corrected chi connectivity index (χ0v) is 8.73. The molecule has 0 aliphatic carbocycles. The van der Waals surface area contributed by atoms with Crippen LogP contribution >= 0.6 is 23.2 Å². The van der Waals surface area contributed by atoms with E-state index >= 15 is 0 Å². The van der Waals surface area contributed by atoms with Gasteiger partial charge in [0.25, 0.3) is 0 Å². The Kier molecular flexibility index (Phi) is 3.64. The summed E-state index contributed by atoms with van der Waals surface area (Å²) < 4.78 is 0. The van der Waals surface area contributed by atoms with Crippen molar-refractivity contribution in [3.05, 3.63) is 39.9 Å². The largest absolute Gasteiger partial charge is 0.508 e. The molecular formula is C10H10Cl2O. The maximum absolute atomic E-state index is 9.54. The zero-order chi connectivity index (χ0) is 9.84. The van der Waals surface area contributed by atoms with Crippen LogP contribution in [-0.4, -0.2) is 5.11 Å². The first-order chi connectivity index (χ1) is 6.16. The summed E-state index contributed by atoms with van der Waals surface area (Å²) in [5, 5.41) is 10.4. The Bertz CT molecular complexity index is 332. The van der Waals surface area contributed by atoms with Crippen molar-refractivity contribution in [2.45, 2.75) is 13.3 Å². The molecule has 1 nitrogen and oxygen atoms in total. The fourth-order valence-corrected chi connectivity index (χ4v) is 1.40. The molecule has 3 heteroatoms. The lowest BCUT2D eigenvalue weighted by Gasteiger charge is -2.03. The number of aliphatic hydroxyl groups is 1. The highest BCUT2D eigenvalue weighted by atomic mass is 35.5. The number of hydrogen-bond donors (Lipinski definition) is 1. The van der Waals surface area contributed by atoms with Crippen molar-refractivity contribution < 1.29 is 5.11 Å². The summed E-state index contributed by atoms with van der Waals surface area (Å²) in [5.41, 5.74) is 0.580. The average Bonchev–Trinajstić information content (AvgIpc) is 2.10. The highest BCUT2D eigenvalue weighted by Crippen LogP contribution is 2.29. The lowest BCUT2D eigenvalue weighted by Crippen LogP contribution is -1.84. The van der Waals surface area contributed by atoms with Crippen LogP contribution in [0.25, 0.3) is 5.76 Å². The minimum Gasteiger partial charge on any atom is -0.508 e. The Hall–Kier alpha value is -0.660. The third-order valence-electron chi connectivity index (χ3n) is 1.63. The van der Waals surface area contributed by atoms with Crippen LogP contribution in [0, 0.1) is 0 Å². The Balaban J connectivity index is 3.15. The van der Waals surface area contributed by atoms with Gasteiger partial charge in [0, 0.05) is 5.56 Å². The van der Waals surface area contributed by atoms with Gasteiger partial charge in [0.05, 0.1) is 10.0 Å². The molecule has 0 radical (unpaired) electrons. The van der Waals surface area contributed by atoms with Crippen LogP contribution < -0.4 is 0 Å². The third-order valence-corrected chi connectivity index (χ3v) is 2.44. The van der Waals surface area contributed by atoms with E-state index in [1.807, 2.05) is 6.92 Å². The fourth-order valence-electron chi connectivity index (χ4n) is 1.00. The van der Waals surface area contributed by atoms with E-state index in [1.54, 1.807) is 24.3 Å². The van der Waals surface area contributed by atoms with Gasteiger partial charge >= 0.3 is 0 Å². The second-order valence-electron chi connectivity index (χ2n) is 2.60. The van der Waals surface area contributed by atoms with Gasteiger partial charge in [-0.15, -0.1) is 0 Å². The monoisotopic (exact) mass is 216 g/mol. The molecule has 0 atom stereocenters. The first-order valence-corrected chi connectivity index (χ1v) is 4.76. The number of halogens is 2. The van der Waals surface area contributed by atoms with E-state index in [0.29, 0.717) is 15.6 Å². The molecule has 0 saturated heterocycles. The Labute approximate surface area is 87.6 Å². The van der Waals surface area contributed by atoms with E-state index in [2.05, 4.69) is 0 Å². The highest BCUT2D eigenvalue weighted by Gasteiger charge is 2.06. The van der Waals surface area contributed by atoms with Crippen molar-refractivity contribution in [3.8, 4) is 0 Å². The predicted molar refractivity (Wildman–Crippen MR) is 57.4 cm³/mol. The van der Waals surface area contributed by atoms with E-state index < -0.39 is 0 Å². The van der Waals surface area contributed by atoms with Gasteiger partial charge in [-0.2, -0.15) is 0 Å². The molecule has 1 aromatic carbocycles. The lowest BCUT2D eigenvalue weighted by molar-refractivity contribution is 0.510. The van der Waals surface area contributed by atoms with Crippen molar-refractivity contribution >= 4 is 29.0 Å². The summed E-state index contributed by atoms with van der Waals surface area (Å²) in [5.74, 6) is 0.176. The predicted octanol–water partition coefficient (Wildman–Crippen LogP) is 4.30. The lowest BCUT2D eigenvalue weighted by atomic mass is 10.1. The standard InChI is InChI=1S/C10H10Cl2O/c1-2-4-9(13)7-5-3-6-8(11)10(7)12/h3-6,13H,2H2,1H3. The van der Waals surface area contributed by atoms with Crippen LogP contribution in [0.4, 0.5) is 0 Å². The Morgan fingerprint density at radius 3 is 2.77 bits per heavy atom. The summed E-state index contributed by atoms with van der Waals surface area (Å²) >= 11 is 11.7. The molecule has 0 heterocycles. The van der Waals surface area contributed by atoms with Crippen LogP contribution in [0.5, 0.6) is 0 Å². The quantitative estimate of drug-likeness (QED) is 0.732. The minimum atomic E-state index is 0.176. The Morgan fingerprint density at radius 1 is 1.46 bits per heavy atom. The van der Waals surface area contributed by atoms with E-state index in [0.717, 1.165) is 6.42 Å². The van der Waals surface area contributed by atoms with Gasteiger partial charge in [0.15, 0.2) is 0 Å². The van der Waals surface area contributed by atoms with E-state index in [9.17, 15) is 5.11 Å². The van der Waals surface area contributed by atoms with Gasteiger partial charge in [-0.05, 0) is 24.6 Å². The minimum absolute atomic E-state index is 0.176. The van der Waals surface area contributed by atoms with Gasteiger partial charge in [-0.25, -0.2) is 0 Å². The fraction of sp³-hybridized carbons (Fsp3) is 0.200. The first kappa shape index (κ1) is 10.4. The van der Waals surface area contributed by atoms with Crippen LogP contribution in [0.15, 0.2) is 24.3 Å². The molecule has 0 spiro atoms. The highest BCUT2D eigenvalue weighted by molar-refractivity contribution is 6.43. The molecule has 70 valence electrons. The molecule has 0 bridgehead atoms. The molecule has 13 heavy (non-hydrogen) atoms. The molecule has 1 aromatic rings. The molecule has 0 unspecified atom stereocenters. The van der Waals surface area contributed by atoms with Crippen LogP contribution in [0.3, 0.4) is 0 Å². The summed E-state index contributed by atoms with van der Waals surface area (Å²) in [6.07, 6.45) is 2.45. The van der Waals surface area contributed by atoms with Crippen LogP contribution in [-0.2, 0) is 0 Å². The maximum Gasteiger partial charge on any atom is 0.120 e. The normalized spacial score (nSPS) is 11.8. The van der Waals surface area contributed by atoms with Crippen molar-refractivity contribution in [1.29, 1.82) is 0 Å². The summed E-state index contributed by atoms with van der Waals surface area (Å²) in [4.78, 5) is 0. The maximum atomic E-state index is 9.54. The summed E-state index contributed by atoms with van der Waals surface area (Å²) in [6, 6.07) is 5.17. The van der Waals surface area contributed by atoms with E-state index in [1.165, 1.54) is 0 Å². The summed E-state index contributed by atoms with van der Waals surface area (Å²) in [7, 11) is 0. The molecule has 1 rings (SSSR count). The Morgan fingerprint density at radius 2 is 2.15 bits per heavy atom. The summed E-state index contributed by atoms with van der Waals surface area (Å²) in [6.45, 7) is 1.94. The number of rotatable bonds is 2. The van der Waals surface area contributed by atoms with Crippen molar-refractivity contribution in [2.24, 2.45) is 0 Å². The smallest absolute Gasteiger partial charge is 0.120 e. The molecule has 0 aromatic heterocycles. The topological polar surface area (TPSA) is 20.2 Å². The molecule has 0 saturated carbocycles. The van der Waals surface area contributed by atoms with Crippen molar-refractivity contribution in [3.63, 3.8) is 0 Å². The number of allylic oxidation sites excluding steroid dienone is 1. The molecular weight excluding hydrogens is 207 g/mol. The number of hydrogen-bond acceptors (Lipinski definition) is 1. The van der Waals surface area contributed by atoms with Crippen molar-refractivity contribution in [2.75, 3.05) is 0 Å². The SMILES string of the molecule is CCC=C(O)c1cccc(Cl)c1Cl. The van der Waals surface area contributed by atoms with Crippen LogP contribution in [0.2, 0.25) is 10.0 Å². The van der Waals surface area contributed by atoms with Gasteiger partial charge < -0.3 is 5.11 Å². The second kappa shape index (κ2) is 4.54. The molecule has 1 N–H and O–H groups in total. The van der Waals surface area contributed by atoms with Gasteiger partial charge in [-0.3, -0.25) is 0 Å². The third kappa shape index (κ3) is 2.39. The van der Waals surface area contributed by atoms with Gasteiger partial charge in [0.2, 0.25) is 0 Å². The molecule has 0 fully saturated rings.